The van der Waals surface area contributed by atoms with Gasteiger partial charge in [0.2, 0.25) is 0 Å². The third kappa shape index (κ3) is 3.19. The van der Waals surface area contributed by atoms with Crippen molar-refractivity contribution in [2.45, 2.75) is 38.4 Å². The molecule has 1 saturated heterocycles. The minimum atomic E-state index is -0.859. The lowest BCUT2D eigenvalue weighted by molar-refractivity contribution is -0.179. The van der Waals surface area contributed by atoms with Crippen molar-refractivity contribution in [3.8, 4) is 12.3 Å². The molecule has 1 rings (SSSR count). The molecular formula is C11H14O6. The number of esters is 2. The van der Waals surface area contributed by atoms with Crippen LogP contribution in [0, 0.1) is 12.3 Å². The van der Waals surface area contributed by atoms with Gasteiger partial charge in [-0.1, -0.05) is 5.92 Å². The Morgan fingerprint density at radius 3 is 2.12 bits per heavy atom. The van der Waals surface area contributed by atoms with E-state index in [9.17, 15) is 9.59 Å². The summed E-state index contributed by atoms with van der Waals surface area (Å²) >= 11 is 0. The minimum absolute atomic E-state index is 0.532. The van der Waals surface area contributed by atoms with E-state index in [2.05, 4.69) is 5.92 Å². The van der Waals surface area contributed by atoms with E-state index in [-0.39, 0.29) is 0 Å². The van der Waals surface area contributed by atoms with Crippen LogP contribution in [0.25, 0.3) is 0 Å². The van der Waals surface area contributed by atoms with Gasteiger partial charge in [-0.25, -0.2) is 0 Å². The van der Waals surface area contributed by atoms with Crippen molar-refractivity contribution in [1.82, 2.24) is 0 Å². The molecule has 0 aromatic heterocycles. The molecule has 1 aliphatic heterocycles. The second kappa shape index (κ2) is 5.66. The maximum absolute atomic E-state index is 11.0. The van der Waals surface area contributed by atoms with E-state index in [0.717, 1.165) is 0 Å². The first kappa shape index (κ1) is 13.5. The molecule has 0 amide bonds. The predicted octanol–water partition coefficient (Wildman–Crippen LogP) is -0.146. The molecule has 0 N–H and O–H groups in total. The summed E-state index contributed by atoms with van der Waals surface area (Å²) in [7, 11) is 1.38. The summed E-state index contributed by atoms with van der Waals surface area (Å²) in [6.45, 7) is 2.47. The standard InChI is InChI=1S/C11H14O6/c1-5-8-9(15-6(2)12)10(16-7(3)13)11(14-4)17-8/h1,8-11H,2-4H3/t8-,9+,10+,11+/m0/s1. The Morgan fingerprint density at radius 2 is 1.71 bits per heavy atom. The predicted molar refractivity (Wildman–Crippen MR) is 55.6 cm³/mol. The fourth-order valence-corrected chi connectivity index (χ4v) is 1.59. The number of hydrogen-bond donors (Lipinski definition) is 0. The number of hydrogen-bond acceptors (Lipinski definition) is 6. The van der Waals surface area contributed by atoms with Crippen molar-refractivity contribution in [2.24, 2.45) is 0 Å². The zero-order valence-corrected chi connectivity index (χ0v) is 9.84. The zero-order valence-electron chi connectivity index (χ0n) is 9.84. The third-order valence-corrected chi connectivity index (χ3v) is 2.17. The molecule has 0 bridgehead atoms. The van der Waals surface area contributed by atoms with Crippen LogP contribution in [-0.2, 0) is 28.5 Å². The average Bonchev–Trinajstić information content (AvgIpc) is 2.55. The lowest BCUT2D eigenvalue weighted by Gasteiger charge is -2.21. The summed E-state index contributed by atoms with van der Waals surface area (Å²) in [6, 6.07) is 0. The van der Waals surface area contributed by atoms with E-state index >= 15 is 0 Å². The van der Waals surface area contributed by atoms with E-state index in [1.54, 1.807) is 0 Å². The number of methoxy groups -OCH3 is 1. The lowest BCUT2D eigenvalue weighted by atomic mass is 10.1. The Balaban J connectivity index is 2.87. The maximum atomic E-state index is 11.0. The van der Waals surface area contributed by atoms with E-state index in [1.165, 1.54) is 21.0 Å². The van der Waals surface area contributed by atoms with Crippen LogP contribution in [0.5, 0.6) is 0 Å². The van der Waals surface area contributed by atoms with Crippen LogP contribution in [0.3, 0.4) is 0 Å². The number of ether oxygens (including phenoxy) is 4. The van der Waals surface area contributed by atoms with E-state index in [1.807, 2.05) is 0 Å². The Kier molecular flexibility index (Phi) is 4.49. The molecule has 1 fully saturated rings. The normalized spacial score (nSPS) is 31.6. The Hall–Kier alpha value is -1.58. The molecule has 1 aliphatic rings. The van der Waals surface area contributed by atoms with Crippen LogP contribution in [-0.4, -0.2) is 43.7 Å². The van der Waals surface area contributed by atoms with Gasteiger partial charge in [0.05, 0.1) is 0 Å². The fourth-order valence-electron chi connectivity index (χ4n) is 1.59. The zero-order chi connectivity index (χ0) is 13.0. The minimum Gasteiger partial charge on any atom is -0.454 e. The quantitative estimate of drug-likeness (QED) is 0.506. The Morgan fingerprint density at radius 1 is 1.18 bits per heavy atom. The van der Waals surface area contributed by atoms with Gasteiger partial charge in [0.1, 0.15) is 0 Å². The first-order chi connectivity index (χ1) is 7.99. The molecule has 6 heteroatoms. The molecule has 6 nitrogen and oxygen atoms in total. The number of rotatable bonds is 3. The highest BCUT2D eigenvalue weighted by molar-refractivity contribution is 5.67. The average molecular weight is 242 g/mol. The van der Waals surface area contributed by atoms with E-state index in [4.69, 9.17) is 25.4 Å². The molecule has 1 heterocycles. The van der Waals surface area contributed by atoms with Gasteiger partial charge in [0, 0.05) is 21.0 Å². The molecule has 0 spiro atoms. The molecule has 94 valence electrons. The van der Waals surface area contributed by atoms with Gasteiger partial charge < -0.3 is 18.9 Å². The van der Waals surface area contributed by atoms with Crippen LogP contribution in [0.4, 0.5) is 0 Å². The van der Waals surface area contributed by atoms with Gasteiger partial charge in [-0.3, -0.25) is 9.59 Å². The summed E-state index contributed by atoms with van der Waals surface area (Å²) in [6.07, 6.45) is 1.89. The van der Waals surface area contributed by atoms with Gasteiger partial charge in [-0.15, -0.1) is 6.42 Å². The van der Waals surface area contributed by atoms with E-state index < -0.39 is 36.5 Å². The third-order valence-electron chi connectivity index (χ3n) is 2.17. The highest BCUT2D eigenvalue weighted by atomic mass is 16.7. The molecule has 0 aromatic carbocycles. The topological polar surface area (TPSA) is 71.1 Å². The summed E-state index contributed by atoms with van der Waals surface area (Å²) in [5, 5.41) is 0. The van der Waals surface area contributed by atoms with Crippen LogP contribution >= 0.6 is 0 Å². The van der Waals surface area contributed by atoms with Gasteiger partial charge in [0.15, 0.2) is 24.6 Å². The SMILES string of the molecule is C#C[C@@H]1O[C@@H](OC)[C@H](OC(C)=O)[C@@H]1OC(C)=O. The monoisotopic (exact) mass is 242 g/mol. The van der Waals surface area contributed by atoms with Crippen LogP contribution < -0.4 is 0 Å². The second-order valence-electron chi connectivity index (χ2n) is 3.48. The summed E-state index contributed by atoms with van der Waals surface area (Å²) in [5.41, 5.74) is 0. The molecule has 0 radical (unpaired) electrons. The van der Waals surface area contributed by atoms with Crippen molar-refractivity contribution in [2.75, 3.05) is 7.11 Å². The van der Waals surface area contributed by atoms with E-state index in [0.29, 0.717) is 0 Å². The van der Waals surface area contributed by atoms with Crippen LogP contribution in [0.1, 0.15) is 13.8 Å². The molecule has 0 aliphatic carbocycles. The Bertz CT molecular complexity index is 344. The summed E-state index contributed by atoms with van der Waals surface area (Å²) < 4.78 is 20.3. The number of carbonyl (C=O) groups excluding carboxylic acids is 2. The molecule has 0 saturated carbocycles. The summed E-state index contributed by atoms with van der Waals surface area (Å²) in [5.74, 6) is 1.25. The number of terminal acetylenes is 1. The smallest absolute Gasteiger partial charge is 0.303 e. The fraction of sp³-hybridized carbons (Fsp3) is 0.636. The van der Waals surface area contributed by atoms with Gasteiger partial charge in [0.25, 0.3) is 0 Å². The molecule has 0 unspecified atom stereocenters. The van der Waals surface area contributed by atoms with Crippen molar-refractivity contribution in [3.05, 3.63) is 0 Å². The van der Waals surface area contributed by atoms with Crippen molar-refractivity contribution in [3.63, 3.8) is 0 Å². The van der Waals surface area contributed by atoms with Crippen molar-refractivity contribution >= 4 is 11.9 Å². The molecule has 4 atom stereocenters. The van der Waals surface area contributed by atoms with Gasteiger partial charge >= 0.3 is 11.9 Å². The highest BCUT2D eigenvalue weighted by Gasteiger charge is 2.48. The van der Waals surface area contributed by atoms with Crippen LogP contribution in [0.15, 0.2) is 0 Å². The van der Waals surface area contributed by atoms with Gasteiger partial charge in [-0.05, 0) is 0 Å². The van der Waals surface area contributed by atoms with Crippen molar-refractivity contribution < 1.29 is 28.5 Å². The Labute approximate surface area is 99.2 Å². The van der Waals surface area contributed by atoms with Gasteiger partial charge in [-0.2, -0.15) is 0 Å². The summed E-state index contributed by atoms with van der Waals surface area (Å²) in [4.78, 5) is 21.9. The highest BCUT2D eigenvalue weighted by Crippen LogP contribution is 2.27. The lowest BCUT2D eigenvalue weighted by Crippen LogP contribution is -2.39. The first-order valence-electron chi connectivity index (χ1n) is 4.98. The second-order valence-corrected chi connectivity index (χ2v) is 3.48. The van der Waals surface area contributed by atoms with Crippen molar-refractivity contribution in [1.29, 1.82) is 0 Å². The largest absolute Gasteiger partial charge is 0.454 e. The van der Waals surface area contributed by atoms with Crippen LogP contribution in [0.2, 0.25) is 0 Å². The maximum Gasteiger partial charge on any atom is 0.303 e. The molecular weight excluding hydrogens is 228 g/mol. The molecule has 17 heavy (non-hydrogen) atoms. The number of carbonyl (C=O) groups is 2. The molecule has 0 aromatic rings. The first-order valence-corrected chi connectivity index (χ1v) is 4.98.